The Balaban J connectivity index is 1.55. The fourth-order valence-corrected chi connectivity index (χ4v) is 3.49. The summed E-state index contributed by atoms with van der Waals surface area (Å²) in [5.74, 6) is -4.64. The van der Waals surface area contributed by atoms with Gasteiger partial charge in [-0.1, -0.05) is 48.5 Å². The van der Waals surface area contributed by atoms with Crippen molar-refractivity contribution in [1.29, 1.82) is 0 Å². The number of benzene rings is 3. The van der Waals surface area contributed by atoms with E-state index in [4.69, 9.17) is 0 Å². The van der Waals surface area contributed by atoms with Crippen molar-refractivity contribution >= 4 is 51.7 Å². The van der Waals surface area contributed by atoms with Crippen molar-refractivity contribution in [3.8, 4) is 5.88 Å². The number of anilines is 2. The van der Waals surface area contributed by atoms with E-state index in [1.54, 1.807) is 48.5 Å². The van der Waals surface area contributed by atoms with Gasteiger partial charge in [0.05, 0.1) is 16.8 Å². The fourth-order valence-electron chi connectivity index (χ4n) is 3.49. The Labute approximate surface area is 203 Å². The standard InChI is InChI=1S/C25H19N5O6/c31-20(26-15-8-2-1-3-9-15)14-30-19-13-7-5-11-17(19)21(24(30)34)28-29-23(33)22(32)27-18-12-6-4-10-16(18)25(35)36/h1-13,34H,14H2,(H,26,31)(H,27,32)(H,35,36). The van der Waals surface area contributed by atoms with Gasteiger partial charge in [0.15, 0.2) is 5.69 Å². The third-order valence-corrected chi connectivity index (χ3v) is 5.12. The molecule has 3 aromatic carbocycles. The molecule has 3 amide bonds. The number of hydrogen-bond donors (Lipinski definition) is 4. The number of fused-ring (bicyclic) bond motifs is 1. The molecule has 0 aliphatic carbocycles. The number of carbonyl (C=O) groups is 4. The van der Waals surface area contributed by atoms with E-state index in [1.807, 2.05) is 6.07 Å². The highest BCUT2D eigenvalue weighted by Crippen LogP contribution is 2.38. The van der Waals surface area contributed by atoms with Crippen LogP contribution in [0.25, 0.3) is 10.9 Å². The van der Waals surface area contributed by atoms with Crippen LogP contribution in [0.3, 0.4) is 0 Å². The Kier molecular flexibility index (Phi) is 6.82. The summed E-state index contributed by atoms with van der Waals surface area (Å²) in [6.07, 6.45) is 0. The number of aromatic carboxylic acids is 1. The predicted octanol–water partition coefficient (Wildman–Crippen LogP) is 3.93. The van der Waals surface area contributed by atoms with Gasteiger partial charge in [-0.25, -0.2) is 4.79 Å². The van der Waals surface area contributed by atoms with Crippen LogP contribution in [-0.4, -0.2) is 38.5 Å². The number of nitrogens with one attached hydrogen (secondary N) is 2. The number of carbonyl (C=O) groups excluding carboxylic acids is 3. The van der Waals surface area contributed by atoms with Gasteiger partial charge in [0.1, 0.15) is 6.54 Å². The largest absolute Gasteiger partial charge is 0.493 e. The lowest BCUT2D eigenvalue weighted by molar-refractivity contribution is -0.134. The minimum Gasteiger partial charge on any atom is -0.493 e. The first-order valence-corrected chi connectivity index (χ1v) is 10.6. The van der Waals surface area contributed by atoms with E-state index >= 15 is 0 Å². The summed E-state index contributed by atoms with van der Waals surface area (Å²) in [6.45, 7) is -0.253. The van der Waals surface area contributed by atoms with Crippen LogP contribution in [0, 0.1) is 0 Å². The van der Waals surface area contributed by atoms with E-state index in [0.29, 0.717) is 16.6 Å². The molecule has 0 atom stereocenters. The van der Waals surface area contributed by atoms with Crippen molar-refractivity contribution in [2.24, 2.45) is 10.2 Å². The van der Waals surface area contributed by atoms with Crippen molar-refractivity contribution in [3.63, 3.8) is 0 Å². The SMILES string of the molecule is O=C(Cn1c(O)c(N=NC(=O)C(=O)Nc2ccccc2C(=O)O)c2ccccc21)Nc1ccccc1. The number of nitrogens with zero attached hydrogens (tertiary/aromatic N) is 3. The Hall–Kier alpha value is -5.32. The van der Waals surface area contributed by atoms with Crippen LogP contribution in [0.2, 0.25) is 0 Å². The maximum Gasteiger partial charge on any atom is 0.353 e. The van der Waals surface area contributed by atoms with Gasteiger partial charge in [-0.15, -0.1) is 10.2 Å². The molecular formula is C25H19N5O6. The maximum absolute atomic E-state index is 12.5. The maximum atomic E-state index is 12.5. The van der Waals surface area contributed by atoms with Crippen LogP contribution < -0.4 is 10.6 Å². The number of aromatic hydroxyl groups is 1. The van der Waals surface area contributed by atoms with Gasteiger partial charge in [0.2, 0.25) is 11.8 Å². The van der Waals surface area contributed by atoms with Gasteiger partial charge in [-0.2, -0.15) is 0 Å². The third-order valence-electron chi connectivity index (χ3n) is 5.12. The molecule has 36 heavy (non-hydrogen) atoms. The topological polar surface area (TPSA) is 162 Å². The van der Waals surface area contributed by atoms with E-state index in [2.05, 4.69) is 20.9 Å². The minimum absolute atomic E-state index is 0.0811. The molecule has 0 aliphatic heterocycles. The molecule has 1 heterocycles. The summed E-state index contributed by atoms with van der Waals surface area (Å²) < 4.78 is 1.30. The average Bonchev–Trinajstić information content (AvgIpc) is 3.13. The molecule has 4 rings (SSSR count). The molecule has 0 saturated carbocycles. The van der Waals surface area contributed by atoms with Crippen molar-refractivity contribution in [2.75, 3.05) is 10.6 Å². The van der Waals surface area contributed by atoms with Gasteiger partial charge >= 0.3 is 17.8 Å². The molecule has 4 N–H and O–H groups in total. The Morgan fingerprint density at radius 2 is 1.50 bits per heavy atom. The summed E-state index contributed by atoms with van der Waals surface area (Å²) in [4.78, 5) is 48.4. The van der Waals surface area contributed by atoms with Gasteiger partial charge in [-0.3, -0.25) is 14.4 Å². The fraction of sp³-hybridized carbons (Fsp3) is 0.0400. The zero-order valence-corrected chi connectivity index (χ0v) is 18.6. The zero-order chi connectivity index (χ0) is 25.7. The average molecular weight is 485 g/mol. The van der Waals surface area contributed by atoms with E-state index in [-0.39, 0.29) is 23.5 Å². The van der Waals surface area contributed by atoms with Gasteiger partial charge in [-0.05, 0) is 30.3 Å². The highest BCUT2D eigenvalue weighted by Gasteiger charge is 2.21. The van der Waals surface area contributed by atoms with Crippen molar-refractivity contribution in [3.05, 3.63) is 84.4 Å². The Morgan fingerprint density at radius 3 is 2.25 bits per heavy atom. The summed E-state index contributed by atoms with van der Waals surface area (Å²) >= 11 is 0. The molecule has 11 heteroatoms. The lowest BCUT2D eigenvalue weighted by atomic mass is 10.2. The Bertz CT molecular complexity index is 1510. The molecule has 0 radical (unpaired) electrons. The molecule has 0 aliphatic rings. The van der Waals surface area contributed by atoms with Crippen LogP contribution in [-0.2, 0) is 20.9 Å². The number of rotatable bonds is 6. The van der Waals surface area contributed by atoms with E-state index in [0.717, 1.165) is 0 Å². The van der Waals surface area contributed by atoms with Gasteiger partial charge < -0.3 is 25.4 Å². The molecule has 0 unspecified atom stereocenters. The second-order valence-electron chi connectivity index (χ2n) is 7.50. The summed E-state index contributed by atoms with van der Waals surface area (Å²) in [5.41, 5.74) is 0.650. The summed E-state index contributed by atoms with van der Waals surface area (Å²) in [5, 5.41) is 32.4. The second-order valence-corrected chi connectivity index (χ2v) is 7.50. The molecule has 0 fully saturated rings. The quantitative estimate of drug-likeness (QED) is 0.239. The number of azo groups is 1. The monoisotopic (exact) mass is 485 g/mol. The molecule has 11 nitrogen and oxygen atoms in total. The van der Waals surface area contributed by atoms with Gasteiger partial charge in [0, 0.05) is 11.1 Å². The number of aromatic nitrogens is 1. The van der Waals surface area contributed by atoms with Crippen LogP contribution in [0.15, 0.2) is 89.1 Å². The highest BCUT2D eigenvalue weighted by molar-refractivity contribution is 6.40. The normalized spacial score (nSPS) is 10.9. The van der Waals surface area contributed by atoms with Crippen LogP contribution in [0.5, 0.6) is 5.88 Å². The minimum atomic E-state index is -1.31. The first-order valence-electron chi connectivity index (χ1n) is 10.6. The van der Waals surface area contributed by atoms with E-state index < -0.39 is 29.6 Å². The number of amides is 3. The zero-order valence-electron chi connectivity index (χ0n) is 18.6. The predicted molar refractivity (Wildman–Crippen MR) is 130 cm³/mol. The first-order chi connectivity index (χ1) is 17.3. The molecule has 0 saturated heterocycles. The lowest BCUT2D eigenvalue weighted by Gasteiger charge is -2.08. The van der Waals surface area contributed by atoms with E-state index in [9.17, 15) is 29.4 Å². The van der Waals surface area contributed by atoms with E-state index in [1.165, 1.54) is 28.8 Å². The number of carboxylic acid groups (broad SMARTS) is 1. The molecule has 0 bridgehead atoms. The van der Waals surface area contributed by atoms with Gasteiger partial charge in [0.25, 0.3) is 0 Å². The van der Waals surface area contributed by atoms with Crippen molar-refractivity contribution in [2.45, 2.75) is 6.54 Å². The summed E-state index contributed by atoms with van der Waals surface area (Å²) in [7, 11) is 0. The second kappa shape index (κ2) is 10.3. The summed E-state index contributed by atoms with van der Waals surface area (Å²) in [6, 6.07) is 21.0. The van der Waals surface area contributed by atoms with Crippen LogP contribution in [0.4, 0.5) is 17.1 Å². The third kappa shape index (κ3) is 5.09. The number of para-hydroxylation sites is 3. The molecule has 1 aromatic heterocycles. The van der Waals surface area contributed by atoms with Crippen molar-refractivity contribution in [1.82, 2.24) is 4.57 Å². The smallest absolute Gasteiger partial charge is 0.353 e. The molecular weight excluding hydrogens is 466 g/mol. The van der Waals surface area contributed by atoms with Crippen LogP contribution in [0.1, 0.15) is 10.4 Å². The van der Waals surface area contributed by atoms with Crippen molar-refractivity contribution < 1.29 is 29.4 Å². The molecule has 4 aromatic rings. The lowest BCUT2D eigenvalue weighted by Crippen LogP contribution is -2.22. The molecule has 180 valence electrons. The first kappa shape index (κ1) is 23.8. The number of carboxylic acids is 1. The highest BCUT2D eigenvalue weighted by atomic mass is 16.4. The molecule has 0 spiro atoms. The number of hydrogen-bond acceptors (Lipinski definition) is 6. The Morgan fingerprint density at radius 1 is 0.833 bits per heavy atom. The van der Waals surface area contributed by atoms with Crippen LogP contribution >= 0.6 is 0 Å².